The van der Waals surface area contributed by atoms with Gasteiger partial charge in [0.1, 0.15) is 0 Å². The van der Waals surface area contributed by atoms with Crippen molar-refractivity contribution in [3.05, 3.63) is 29.6 Å². The van der Waals surface area contributed by atoms with Gasteiger partial charge in [-0.2, -0.15) is 0 Å². The summed E-state index contributed by atoms with van der Waals surface area (Å²) in [5, 5.41) is 3.18. The number of methoxy groups -OCH3 is 1. The van der Waals surface area contributed by atoms with Gasteiger partial charge in [-0.25, -0.2) is 4.39 Å². The highest BCUT2D eigenvalue weighted by molar-refractivity contribution is 5.94. The van der Waals surface area contributed by atoms with E-state index in [-0.39, 0.29) is 24.1 Å². The van der Waals surface area contributed by atoms with Crippen LogP contribution in [0.1, 0.15) is 23.2 Å². The molecule has 20 heavy (non-hydrogen) atoms. The molecule has 1 atom stereocenters. The molecule has 1 aliphatic heterocycles. The Labute approximate surface area is 124 Å². The molecule has 1 aromatic carbocycles. The smallest absolute Gasteiger partial charge is 0.254 e. The summed E-state index contributed by atoms with van der Waals surface area (Å²) in [5.41, 5.74) is 0.370. The van der Waals surface area contributed by atoms with Gasteiger partial charge in [0.2, 0.25) is 0 Å². The summed E-state index contributed by atoms with van der Waals surface area (Å²) in [5.74, 6) is -0.472. The fraction of sp³-hybridized carbons (Fsp3) is 0.500. The van der Waals surface area contributed by atoms with Crippen molar-refractivity contribution in [3.63, 3.8) is 0 Å². The van der Waals surface area contributed by atoms with Gasteiger partial charge in [0, 0.05) is 24.7 Å². The van der Waals surface area contributed by atoms with E-state index in [4.69, 9.17) is 4.74 Å². The maximum Gasteiger partial charge on any atom is 0.254 e. The Morgan fingerprint density at radius 3 is 2.85 bits per heavy atom. The Morgan fingerprint density at radius 2 is 2.25 bits per heavy atom. The zero-order valence-electron chi connectivity index (χ0n) is 11.7. The molecule has 1 aliphatic rings. The number of ether oxygens (including phenoxy) is 1. The van der Waals surface area contributed by atoms with Gasteiger partial charge in [-0.3, -0.25) is 4.79 Å². The lowest BCUT2D eigenvalue weighted by Gasteiger charge is -2.32. The third-order valence-electron chi connectivity index (χ3n) is 3.52. The molecule has 0 bridgehead atoms. The first kappa shape index (κ1) is 16.7. The van der Waals surface area contributed by atoms with Crippen molar-refractivity contribution in [3.8, 4) is 5.75 Å². The van der Waals surface area contributed by atoms with Crippen LogP contribution < -0.4 is 10.1 Å². The van der Waals surface area contributed by atoms with Crippen LogP contribution in [-0.2, 0) is 0 Å². The summed E-state index contributed by atoms with van der Waals surface area (Å²) in [6.45, 7) is 1.40. The van der Waals surface area contributed by atoms with Crippen LogP contribution in [0.25, 0.3) is 0 Å². The Balaban J connectivity index is 0.00000200. The molecule has 1 saturated heterocycles. The molecular weight excluding hydrogens is 283 g/mol. The predicted molar refractivity (Wildman–Crippen MR) is 78.2 cm³/mol. The number of likely N-dealkylation sites (N-methyl/N-ethyl adjacent to an activating group) is 1. The fourth-order valence-electron chi connectivity index (χ4n) is 2.38. The highest BCUT2D eigenvalue weighted by atomic mass is 35.5. The first-order valence-electron chi connectivity index (χ1n) is 6.45. The maximum absolute atomic E-state index is 13.6. The average Bonchev–Trinajstić information content (AvgIpc) is 2.46. The molecule has 112 valence electrons. The zero-order valence-corrected chi connectivity index (χ0v) is 12.5. The zero-order chi connectivity index (χ0) is 13.8. The van der Waals surface area contributed by atoms with Crippen LogP contribution in [0, 0.1) is 5.82 Å². The molecule has 1 aromatic rings. The summed E-state index contributed by atoms with van der Waals surface area (Å²) in [4.78, 5) is 14.1. The average molecular weight is 303 g/mol. The number of rotatable bonds is 3. The number of benzene rings is 1. The molecule has 2 rings (SSSR count). The van der Waals surface area contributed by atoms with Crippen molar-refractivity contribution < 1.29 is 13.9 Å². The third kappa shape index (κ3) is 3.61. The van der Waals surface area contributed by atoms with Gasteiger partial charge in [-0.15, -0.1) is 12.4 Å². The molecule has 6 heteroatoms. The molecule has 0 spiro atoms. The first-order valence-corrected chi connectivity index (χ1v) is 6.45. The van der Waals surface area contributed by atoms with E-state index in [0.29, 0.717) is 18.2 Å². The predicted octanol–water partition coefficient (Wildman–Crippen LogP) is 2.08. The number of hydrogen-bond donors (Lipinski definition) is 1. The third-order valence-corrected chi connectivity index (χ3v) is 3.52. The topological polar surface area (TPSA) is 41.6 Å². The molecule has 0 radical (unpaired) electrons. The minimum atomic E-state index is -0.504. The van der Waals surface area contributed by atoms with Crippen molar-refractivity contribution >= 4 is 18.3 Å². The highest BCUT2D eigenvalue weighted by Gasteiger charge is 2.24. The number of likely N-dealkylation sites (tertiary alicyclic amines) is 1. The van der Waals surface area contributed by atoms with Gasteiger partial charge >= 0.3 is 0 Å². The summed E-state index contributed by atoms with van der Waals surface area (Å²) in [7, 11) is 3.30. The molecular formula is C14H20ClFN2O2. The Hall–Kier alpha value is -1.33. The van der Waals surface area contributed by atoms with Gasteiger partial charge in [-0.1, -0.05) is 0 Å². The van der Waals surface area contributed by atoms with E-state index in [2.05, 4.69) is 5.32 Å². The molecule has 1 unspecified atom stereocenters. The van der Waals surface area contributed by atoms with E-state index in [1.165, 1.54) is 19.2 Å². The largest absolute Gasteiger partial charge is 0.494 e. The SMILES string of the molecule is CNC1CCCN(C(=O)c2ccc(OC)c(F)c2)C1.Cl. The Bertz CT molecular complexity index is 470. The lowest BCUT2D eigenvalue weighted by atomic mass is 10.0. The van der Waals surface area contributed by atoms with Crippen molar-refractivity contribution in [1.82, 2.24) is 10.2 Å². The normalized spacial score (nSPS) is 18.4. The quantitative estimate of drug-likeness (QED) is 0.929. The van der Waals surface area contributed by atoms with Gasteiger partial charge in [0.25, 0.3) is 5.91 Å². The van der Waals surface area contributed by atoms with Crippen LogP contribution in [-0.4, -0.2) is 44.1 Å². The van der Waals surface area contributed by atoms with Crippen LogP contribution in [0.5, 0.6) is 5.75 Å². The molecule has 0 aromatic heterocycles. The number of carbonyl (C=O) groups is 1. The van der Waals surface area contributed by atoms with Gasteiger partial charge in [-0.05, 0) is 38.1 Å². The minimum absolute atomic E-state index is 0. The Morgan fingerprint density at radius 1 is 1.50 bits per heavy atom. The number of amides is 1. The van der Waals surface area contributed by atoms with E-state index >= 15 is 0 Å². The van der Waals surface area contributed by atoms with Crippen molar-refractivity contribution in [2.75, 3.05) is 27.2 Å². The fourth-order valence-corrected chi connectivity index (χ4v) is 2.38. The number of piperidine rings is 1. The van der Waals surface area contributed by atoms with E-state index in [1.54, 1.807) is 11.0 Å². The summed E-state index contributed by atoms with van der Waals surface area (Å²) < 4.78 is 18.5. The van der Waals surface area contributed by atoms with Crippen molar-refractivity contribution in [1.29, 1.82) is 0 Å². The van der Waals surface area contributed by atoms with Crippen molar-refractivity contribution in [2.24, 2.45) is 0 Å². The first-order chi connectivity index (χ1) is 9.15. The number of hydrogen-bond acceptors (Lipinski definition) is 3. The number of halogens is 2. The molecule has 1 amide bonds. The van der Waals surface area contributed by atoms with E-state index in [0.717, 1.165) is 19.4 Å². The van der Waals surface area contributed by atoms with Crippen LogP contribution in [0.3, 0.4) is 0 Å². The van der Waals surface area contributed by atoms with Crippen LogP contribution >= 0.6 is 12.4 Å². The second-order valence-electron chi connectivity index (χ2n) is 4.73. The number of nitrogens with zero attached hydrogens (tertiary/aromatic N) is 1. The maximum atomic E-state index is 13.6. The van der Waals surface area contributed by atoms with Crippen molar-refractivity contribution in [2.45, 2.75) is 18.9 Å². The molecule has 1 N–H and O–H groups in total. The highest BCUT2D eigenvalue weighted by Crippen LogP contribution is 2.20. The number of nitrogens with one attached hydrogen (secondary N) is 1. The van der Waals surface area contributed by atoms with E-state index in [1.807, 2.05) is 7.05 Å². The minimum Gasteiger partial charge on any atom is -0.494 e. The molecule has 0 aliphatic carbocycles. The second-order valence-corrected chi connectivity index (χ2v) is 4.73. The summed E-state index contributed by atoms with van der Waals surface area (Å²) >= 11 is 0. The van der Waals surface area contributed by atoms with Crippen LogP contribution in [0.2, 0.25) is 0 Å². The monoisotopic (exact) mass is 302 g/mol. The summed E-state index contributed by atoms with van der Waals surface area (Å²) in [6, 6.07) is 4.65. The van der Waals surface area contributed by atoms with Gasteiger partial charge < -0.3 is 15.0 Å². The molecule has 0 saturated carbocycles. The van der Waals surface area contributed by atoms with Crippen LogP contribution in [0.4, 0.5) is 4.39 Å². The molecule has 1 heterocycles. The lowest BCUT2D eigenvalue weighted by Crippen LogP contribution is -2.46. The van der Waals surface area contributed by atoms with E-state index in [9.17, 15) is 9.18 Å². The molecule has 4 nitrogen and oxygen atoms in total. The van der Waals surface area contributed by atoms with Crippen LogP contribution in [0.15, 0.2) is 18.2 Å². The summed E-state index contributed by atoms with van der Waals surface area (Å²) in [6.07, 6.45) is 2.03. The number of carbonyl (C=O) groups excluding carboxylic acids is 1. The van der Waals surface area contributed by atoms with Gasteiger partial charge in [0.05, 0.1) is 7.11 Å². The standard InChI is InChI=1S/C14H19FN2O2.ClH/c1-16-11-4-3-7-17(9-11)14(18)10-5-6-13(19-2)12(15)8-10;/h5-6,8,11,16H,3-4,7,9H2,1-2H3;1H. The van der Waals surface area contributed by atoms with Gasteiger partial charge in [0.15, 0.2) is 11.6 Å². The molecule has 1 fully saturated rings. The lowest BCUT2D eigenvalue weighted by molar-refractivity contribution is 0.0697. The Kier molecular flexibility index (Phi) is 6.23. The second kappa shape index (κ2) is 7.45. The van der Waals surface area contributed by atoms with E-state index < -0.39 is 5.82 Å².